The largest absolute Gasteiger partial charge is 0.503 e. The fraction of sp³-hybridized carbons (Fsp3) is 0.368. The number of methoxy groups -OCH3 is 1. The van der Waals surface area contributed by atoms with Crippen LogP contribution in [0.1, 0.15) is 39.5 Å². The van der Waals surface area contributed by atoms with Gasteiger partial charge in [-0.25, -0.2) is 4.79 Å². The Morgan fingerprint density at radius 3 is 2.83 bits per heavy atom. The van der Waals surface area contributed by atoms with E-state index >= 15 is 0 Å². The minimum Gasteiger partial charge on any atom is -0.503 e. The molecular formula is C19H19Br2N3O5S. The standard InChI is InChI=1S/C19H19Br2N3O5S/c1-3-29-19(27)24-5-4-8-11(7-24)30-18-12(8)17(26)22-16(23-18)9-6-10(28-2)15(25)14(21)13(9)20/h6,16,23,25H,3-5,7H2,1-2H3,(H,22,26). The predicted molar refractivity (Wildman–Crippen MR) is 119 cm³/mol. The Hall–Kier alpha value is -1.98. The lowest BCUT2D eigenvalue weighted by Crippen LogP contribution is -2.39. The average Bonchev–Trinajstić information content (AvgIpc) is 3.10. The highest BCUT2D eigenvalue weighted by atomic mass is 79.9. The van der Waals surface area contributed by atoms with Gasteiger partial charge in [0.25, 0.3) is 5.91 Å². The SMILES string of the molecule is CCOC(=O)N1CCc2c(sc3c2C(=O)NC(c2cc(OC)c(O)c(Br)c2Br)N3)C1. The maximum atomic E-state index is 13.0. The van der Waals surface area contributed by atoms with E-state index in [0.29, 0.717) is 46.2 Å². The number of hydrogen-bond donors (Lipinski definition) is 3. The number of fused-ring (bicyclic) bond motifs is 3. The van der Waals surface area contributed by atoms with E-state index in [9.17, 15) is 14.7 Å². The van der Waals surface area contributed by atoms with Gasteiger partial charge in [-0.3, -0.25) is 4.79 Å². The van der Waals surface area contributed by atoms with Crippen molar-refractivity contribution in [3.63, 3.8) is 0 Å². The first-order chi connectivity index (χ1) is 14.3. The van der Waals surface area contributed by atoms with Crippen LogP contribution in [-0.2, 0) is 17.7 Å². The van der Waals surface area contributed by atoms with E-state index in [1.807, 2.05) is 0 Å². The summed E-state index contributed by atoms with van der Waals surface area (Å²) in [6, 6.07) is 1.67. The van der Waals surface area contributed by atoms with Crippen molar-refractivity contribution in [3.05, 3.63) is 36.6 Å². The number of aromatic hydroxyl groups is 1. The molecule has 0 saturated heterocycles. The number of ether oxygens (including phenoxy) is 2. The molecule has 0 saturated carbocycles. The van der Waals surface area contributed by atoms with Crippen LogP contribution in [0.25, 0.3) is 0 Å². The molecule has 3 heterocycles. The Morgan fingerprint density at radius 1 is 1.37 bits per heavy atom. The summed E-state index contributed by atoms with van der Waals surface area (Å²) in [7, 11) is 1.47. The van der Waals surface area contributed by atoms with E-state index < -0.39 is 6.17 Å². The Labute approximate surface area is 193 Å². The number of nitrogens with zero attached hydrogens (tertiary/aromatic N) is 1. The van der Waals surface area contributed by atoms with Crippen LogP contribution in [-0.4, -0.2) is 42.3 Å². The second-order valence-electron chi connectivity index (χ2n) is 6.77. The van der Waals surface area contributed by atoms with Crippen molar-refractivity contribution in [2.75, 3.05) is 25.6 Å². The quantitative estimate of drug-likeness (QED) is 0.516. The van der Waals surface area contributed by atoms with Gasteiger partial charge in [-0.1, -0.05) is 0 Å². The number of benzene rings is 1. The summed E-state index contributed by atoms with van der Waals surface area (Å²) < 4.78 is 11.4. The lowest BCUT2D eigenvalue weighted by atomic mass is 10.0. The highest BCUT2D eigenvalue weighted by Gasteiger charge is 2.35. The molecule has 30 heavy (non-hydrogen) atoms. The molecule has 8 nitrogen and oxygen atoms in total. The van der Waals surface area contributed by atoms with Crippen molar-refractivity contribution in [3.8, 4) is 11.5 Å². The zero-order chi connectivity index (χ0) is 21.6. The minimum absolute atomic E-state index is 0.0263. The molecule has 0 radical (unpaired) electrons. The van der Waals surface area contributed by atoms with Crippen molar-refractivity contribution >= 4 is 60.2 Å². The minimum atomic E-state index is -0.522. The number of phenolic OH excluding ortho intramolecular Hbond substituents is 1. The molecule has 1 atom stereocenters. The molecule has 11 heteroatoms. The Kier molecular flexibility index (Phi) is 5.86. The number of rotatable bonds is 3. The molecule has 0 aliphatic carbocycles. The Morgan fingerprint density at radius 2 is 2.13 bits per heavy atom. The maximum Gasteiger partial charge on any atom is 0.410 e. The molecule has 2 aromatic rings. The molecule has 1 unspecified atom stereocenters. The smallest absolute Gasteiger partial charge is 0.410 e. The van der Waals surface area contributed by atoms with Gasteiger partial charge in [0.15, 0.2) is 11.5 Å². The van der Waals surface area contributed by atoms with Crippen molar-refractivity contribution in [2.45, 2.75) is 26.1 Å². The van der Waals surface area contributed by atoms with E-state index in [1.54, 1.807) is 17.9 Å². The molecule has 2 aliphatic heterocycles. The first kappa shape index (κ1) is 21.3. The summed E-state index contributed by atoms with van der Waals surface area (Å²) in [5.41, 5.74) is 2.31. The summed E-state index contributed by atoms with van der Waals surface area (Å²) in [6.07, 6.45) is -0.261. The number of halogens is 2. The van der Waals surface area contributed by atoms with Crippen LogP contribution in [0.4, 0.5) is 9.80 Å². The van der Waals surface area contributed by atoms with Crippen LogP contribution in [0.2, 0.25) is 0 Å². The van der Waals surface area contributed by atoms with Crippen LogP contribution in [0.5, 0.6) is 11.5 Å². The fourth-order valence-electron chi connectivity index (χ4n) is 3.62. The zero-order valence-electron chi connectivity index (χ0n) is 16.2. The second-order valence-corrected chi connectivity index (χ2v) is 9.46. The van der Waals surface area contributed by atoms with Gasteiger partial charge in [-0.05, 0) is 56.8 Å². The third-order valence-electron chi connectivity index (χ3n) is 5.07. The van der Waals surface area contributed by atoms with Crippen molar-refractivity contribution < 1.29 is 24.2 Å². The predicted octanol–water partition coefficient (Wildman–Crippen LogP) is 4.36. The fourth-order valence-corrected chi connectivity index (χ4v) is 5.86. The number of carbonyl (C=O) groups excluding carboxylic acids is 2. The number of hydrogen-bond acceptors (Lipinski definition) is 7. The number of nitrogens with one attached hydrogen (secondary N) is 2. The van der Waals surface area contributed by atoms with E-state index in [4.69, 9.17) is 9.47 Å². The van der Waals surface area contributed by atoms with Crippen LogP contribution >= 0.6 is 43.2 Å². The van der Waals surface area contributed by atoms with Crippen LogP contribution in [0.3, 0.4) is 0 Å². The molecule has 2 amide bonds. The summed E-state index contributed by atoms with van der Waals surface area (Å²) in [5.74, 6) is 0.0879. The third kappa shape index (κ3) is 3.52. The van der Waals surface area contributed by atoms with Crippen LogP contribution in [0.15, 0.2) is 15.0 Å². The second kappa shape index (κ2) is 8.27. The number of amides is 2. The highest BCUT2D eigenvalue weighted by Crippen LogP contribution is 2.46. The number of anilines is 1. The van der Waals surface area contributed by atoms with Gasteiger partial charge in [0.1, 0.15) is 11.2 Å². The molecule has 2 aliphatic rings. The summed E-state index contributed by atoms with van der Waals surface area (Å²) in [4.78, 5) is 27.7. The Balaban J connectivity index is 1.66. The number of thiophene rings is 1. The normalized spacial score (nSPS) is 17.5. The highest BCUT2D eigenvalue weighted by molar-refractivity contribution is 9.13. The first-order valence-electron chi connectivity index (χ1n) is 9.24. The van der Waals surface area contributed by atoms with E-state index in [0.717, 1.165) is 15.4 Å². The van der Waals surface area contributed by atoms with Crippen molar-refractivity contribution in [2.24, 2.45) is 0 Å². The molecular weight excluding hydrogens is 542 g/mol. The van der Waals surface area contributed by atoms with Crippen LogP contribution in [0, 0.1) is 0 Å². The summed E-state index contributed by atoms with van der Waals surface area (Å²) in [5, 5.41) is 17.3. The van der Waals surface area contributed by atoms with Gasteiger partial charge in [0, 0.05) is 21.5 Å². The van der Waals surface area contributed by atoms with Crippen molar-refractivity contribution in [1.82, 2.24) is 10.2 Å². The van der Waals surface area contributed by atoms with Gasteiger partial charge in [-0.2, -0.15) is 0 Å². The summed E-state index contributed by atoms with van der Waals surface area (Å²) in [6.45, 7) is 3.04. The van der Waals surface area contributed by atoms with Crippen LogP contribution < -0.4 is 15.4 Å². The van der Waals surface area contributed by atoms with Gasteiger partial charge >= 0.3 is 6.09 Å². The first-order valence-corrected chi connectivity index (χ1v) is 11.6. The third-order valence-corrected chi connectivity index (χ3v) is 8.37. The van der Waals surface area contributed by atoms with Crippen molar-refractivity contribution in [1.29, 1.82) is 0 Å². The molecule has 1 aromatic heterocycles. The lowest BCUT2D eigenvalue weighted by molar-refractivity contribution is 0.0934. The molecule has 4 rings (SSSR count). The monoisotopic (exact) mass is 559 g/mol. The molecule has 160 valence electrons. The zero-order valence-corrected chi connectivity index (χ0v) is 20.2. The maximum absolute atomic E-state index is 13.0. The van der Waals surface area contributed by atoms with Gasteiger partial charge < -0.3 is 30.1 Å². The molecule has 1 aromatic carbocycles. The van der Waals surface area contributed by atoms with E-state index in [1.165, 1.54) is 18.4 Å². The molecule has 0 fully saturated rings. The lowest BCUT2D eigenvalue weighted by Gasteiger charge is -2.29. The summed E-state index contributed by atoms with van der Waals surface area (Å²) >= 11 is 8.30. The van der Waals surface area contributed by atoms with Gasteiger partial charge in [0.05, 0.1) is 30.3 Å². The van der Waals surface area contributed by atoms with E-state index in [2.05, 4.69) is 42.5 Å². The molecule has 0 spiro atoms. The van der Waals surface area contributed by atoms with Gasteiger partial charge in [0.2, 0.25) is 0 Å². The number of phenols is 1. The Bertz CT molecular complexity index is 1040. The van der Waals surface area contributed by atoms with E-state index in [-0.39, 0.29) is 23.5 Å². The topological polar surface area (TPSA) is 100 Å². The average molecular weight is 561 g/mol. The molecule has 3 N–H and O–H groups in total. The molecule has 0 bridgehead atoms. The number of carbonyl (C=O) groups is 2. The van der Waals surface area contributed by atoms with Gasteiger partial charge in [-0.15, -0.1) is 11.3 Å².